The lowest BCUT2D eigenvalue weighted by Crippen LogP contribution is -2.22. The molecule has 146 valence electrons. The predicted molar refractivity (Wildman–Crippen MR) is 103 cm³/mol. The largest absolute Gasteiger partial charge is 0.493 e. The van der Waals surface area contributed by atoms with Crippen molar-refractivity contribution in [1.29, 1.82) is 0 Å². The number of amides is 1. The van der Waals surface area contributed by atoms with Crippen LogP contribution in [0.25, 0.3) is 0 Å². The minimum Gasteiger partial charge on any atom is -0.493 e. The molecule has 0 aliphatic heterocycles. The van der Waals surface area contributed by atoms with Crippen LogP contribution in [-0.2, 0) is 16.4 Å². The number of methoxy groups -OCH3 is 1. The van der Waals surface area contributed by atoms with Crippen LogP contribution in [0, 0.1) is 5.92 Å². The molecule has 0 saturated heterocycles. The van der Waals surface area contributed by atoms with E-state index >= 15 is 0 Å². The molecule has 0 bridgehead atoms. The van der Waals surface area contributed by atoms with Gasteiger partial charge in [-0.15, -0.1) is 0 Å². The minimum absolute atomic E-state index is 0.156. The Labute approximate surface area is 159 Å². The molecular formula is C19H25N3O4S. The Hall–Kier alpha value is -2.35. The lowest BCUT2D eigenvalue weighted by Gasteiger charge is -2.22. The minimum atomic E-state index is -3.35. The van der Waals surface area contributed by atoms with Crippen LogP contribution in [-0.4, -0.2) is 37.5 Å². The number of nitrogens with one attached hydrogen (secondary N) is 1. The molecule has 3 rings (SSSR count). The van der Waals surface area contributed by atoms with Crippen molar-refractivity contribution in [2.24, 2.45) is 5.92 Å². The number of ether oxygens (including phenoxy) is 1. The van der Waals surface area contributed by atoms with Gasteiger partial charge in [0.1, 0.15) is 0 Å². The molecule has 1 aromatic heterocycles. The highest BCUT2D eigenvalue weighted by molar-refractivity contribution is 7.90. The van der Waals surface area contributed by atoms with Crippen LogP contribution in [0.5, 0.6) is 5.75 Å². The molecule has 1 N–H and O–H groups in total. The van der Waals surface area contributed by atoms with Gasteiger partial charge in [0.2, 0.25) is 0 Å². The number of rotatable bonds is 6. The molecule has 27 heavy (non-hydrogen) atoms. The topological polar surface area (TPSA) is 90.3 Å². The highest BCUT2D eigenvalue weighted by Crippen LogP contribution is 2.27. The maximum Gasteiger partial charge on any atom is 0.277 e. The van der Waals surface area contributed by atoms with Crippen molar-refractivity contribution in [2.75, 3.05) is 18.7 Å². The number of sulfone groups is 1. The Morgan fingerprint density at radius 1 is 1.30 bits per heavy atom. The fourth-order valence-electron chi connectivity index (χ4n) is 3.49. The summed E-state index contributed by atoms with van der Waals surface area (Å²) in [5, 5.41) is 7.10. The van der Waals surface area contributed by atoms with Crippen molar-refractivity contribution in [3.63, 3.8) is 0 Å². The molecule has 1 heterocycles. The smallest absolute Gasteiger partial charge is 0.277 e. The third kappa shape index (κ3) is 4.68. The van der Waals surface area contributed by atoms with E-state index in [1.165, 1.54) is 38.5 Å². The van der Waals surface area contributed by atoms with E-state index in [1.54, 1.807) is 23.0 Å². The number of carbonyl (C=O) groups excluding carboxylic acids is 1. The van der Waals surface area contributed by atoms with Crippen LogP contribution >= 0.6 is 0 Å². The maximum absolute atomic E-state index is 12.9. The third-order valence-corrected chi connectivity index (χ3v) is 6.03. The number of anilines is 1. The molecular weight excluding hydrogens is 366 g/mol. The normalized spacial score (nSPS) is 15.5. The number of nitrogens with zero attached hydrogens (tertiary/aromatic N) is 2. The van der Waals surface area contributed by atoms with Crippen LogP contribution in [0.4, 0.5) is 5.69 Å². The van der Waals surface area contributed by atoms with E-state index in [0.717, 1.165) is 19.1 Å². The van der Waals surface area contributed by atoms with Gasteiger partial charge in [-0.1, -0.05) is 25.3 Å². The summed E-state index contributed by atoms with van der Waals surface area (Å²) in [5.41, 5.74) is 0.767. The fraction of sp³-hybridized carbons (Fsp3) is 0.474. The Kier molecular flexibility index (Phi) is 5.84. The monoisotopic (exact) mass is 391 g/mol. The van der Waals surface area contributed by atoms with Gasteiger partial charge >= 0.3 is 0 Å². The third-order valence-electron chi connectivity index (χ3n) is 4.92. The summed E-state index contributed by atoms with van der Waals surface area (Å²) in [6.07, 6.45) is 8.65. The molecule has 1 aliphatic rings. The van der Waals surface area contributed by atoms with E-state index in [4.69, 9.17) is 4.74 Å². The zero-order valence-corrected chi connectivity index (χ0v) is 16.5. The molecule has 1 fully saturated rings. The Bertz CT molecular complexity index is 915. The average Bonchev–Trinajstić information content (AvgIpc) is 3.05. The lowest BCUT2D eigenvalue weighted by molar-refractivity contribution is 0.101. The second kappa shape index (κ2) is 8.12. The van der Waals surface area contributed by atoms with Gasteiger partial charge in [-0.2, -0.15) is 5.10 Å². The average molecular weight is 391 g/mol. The van der Waals surface area contributed by atoms with Gasteiger partial charge in [-0.25, -0.2) is 8.42 Å². The number of carbonyl (C=O) groups is 1. The van der Waals surface area contributed by atoms with Crippen molar-refractivity contribution < 1.29 is 17.9 Å². The standard InChI is InChI=1S/C19H25N3O4S/c1-26-17-12-20-22(13-14-7-4-3-5-8-14)18(17)19(23)21-15-9-6-10-16(11-15)27(2,24)25/h6,9-12,14H,3-5,7-8,13H2,1-2H3,(H,21,23). The second-order valence-electron chi connectivity index (χ2n) is 7.00. The zero-order valence-electron chi connectivity index (χ0n) is 15.6. The SMILES string of the molecule is COc1cnn(CC2CCCCC2)c1C(=O)Nc1cccc(S(C)(=O)=O)c1. The summed E-state index contributed by atoms with van der Waals surface area (Å²) in [6.45, 7) is 0.676. The summed E-state index contributed by atoms with van der Waals surface area (Å²) < 4.78 is 30.5. The Balaban J connectivity index is 1.82. The van der Waals surface area contributed by atoms with E-state index in [9.17, 15) is 13.2 Å². The van der Waals surface area contributed by atoms with Gasteiger partial charge in [-0.05, 0) is 37.0 Å². The molecule has 0 unspecified atom stereocenters. The molecule has 7 nitrogen and oxygen atoms in total. The van der Waals surface area contributed by atoms with Crippen molar-refractivity contribution in [1.82, 2.24) is 9.78 Å². The van der Waals surface area contributed by atoms with E-state index < -0.39 is 9.84 Å². The van der Waals surface area contributed by atoms with Gasteiger partial charge < -0.3 is 10.1 Å². The Morgan fingerprint density at radius 2 is 2.04 bits per heavy atom. The summed E-state index contributed by atoms with van der Waals surface area (Å²) in [5.74, 6) is 0.539. The lowest BCUT2D eigenvalue weighted by atomic mass is 9.89. The molecule has 8 heteroatoms. The predicted octanol–water partition coefficient (Wildman–Crippen LogP) is 3.13. The maximum atomic E-state index is 12.9. The van der Waals surface area contributed by atoms with Gasteiger partial charge in [0.05, 0.1) is 18.2 Å². The molecule has 1 amide bonds. The van der Waals surface area contributed by atoms with E-state index in [0.29, 0.717) is 29.6 Å². The van der Waals surface area contributed by atoms with Crippen molar-refractivity contribution in [3.05, 3.63) is 36.2 Å². The van der Waals surface area contributed by atoms with E-state index in [2.05, 4.69) is 10.4 Å². The molecule has 0 radical (unpaired) electrons. The highest BCUT2D eigenvalue weighted by atomic mass is 32.2. The van der Waals surface area contributed by atoms with Crippen LogP contribution in [0.2, 0.25) is 0 Å². The van der Waals surface area contributed by atoms with Crippen molar-refractivity contribution >= 4 is 21.4 Å². The van der Waals surface area contributed by atoms with Gasteiger partial charge in [0, 0.05) is 18.5 Å². The summed E-state index contributed by atoms with van der Waals surface area (Å²) in [7, 11) is -1.85. The number of aromatic nitrogens is 2. The van der Waals surface area contributed by atoms with Crippen LogP contribution in [0.1, 0.15) is 42.6 Å². The van der Waals surface area contributed by atoms with E-state index in [-0.39, 0.29) is 10.8 Å². The van der Waals surface area contributed by atoms with Crippen LogP contribution < -0.4 is 10.1 Å². The second-order valence-corrected chi connectivity index (χ2v) is 9.02. The van der Waals surface area contributed by atoms with Crippen LogP contribution in [0.15, 0.2) is 35.4 Å². The number of hydrogen-bond acceptors (Lipinski definition) is 5. The first-order valence-electron chi connectivity index (χ1n) is 9.10. The first-order valence-corrected chi connectivity index (χ1v) is 11.0. The summed E-state index contributed by atoms with van der Waals surface area (Å²) in [4.78, 5) is 13.0. The van der Waals surface area contributed by atoms with E-state index in [1.807, 2.05) is 0 Å². The zero-order chi connectivity index (χ0) is 19.4. The Morgan fingerprint density at radius 3 is 2.70 bits per heavy atom. The molecule has 0 spiro atoms. The van der Waals surface area contributed by atoms with Gasteiger partial charge in [0.15, 0.2) is 21.3 Å². The fourth-order valence-corrected chi connectivity index (χ4v) is 4.16. The molecule has 2 aromatic rings. The number of benzene rings is 1. The molecule has 0 atom stereocenters. The molecule has 1 aliphatic carbocycles. The van der Waals surface area contributed by atoms with Crippen LogP contribution in [0.3, 0.4) is 0 Å². The molecule has 1 saturated carbocycles. The van der Waals surface area contributed by atoms with Crippen molar-refractivity contribution in [2.45, 2.75) is 43.5 Å². The van der Waals surface area contributed by atoms with Gasteiger partial charge in [-0.3, -0.25) is 9.48 Å². The van der Waals surface area contributed by atoms with Crippen molar-refractivity contribution in [3.8, 4) is 5.75 Å². The number of hydrogen-bond donors (Lipinski definition) is 1. The van der Waals surface area contributed by atoms with Gasteiger partial charge in [0.25, 0.3) is 5.91 Å². The summed E-state index contributed by atoms with van der Waals surface area (Å²) in [6, 6.07) is 6.20. The summed E-state index contributed by atoms with van der Waals surface area (Å²) >= 11 is 0. The first-order chi connectivity index (χ1) is 12.9. The molecule has 1 aromatic carbocycles. The highest BCUT2D eigenvalue weighted by Gasteiger charge is 2.23. The first kappa shape index (κ1) is 19.4. The quantitative estimate of drug-likeness (QED) is 0.817.